The molecule has 4 amide bonds. The topological polar surface area (TPSA) is 97.0 Å². The zero-order chi connectivity index (χ0) is 25.7. The lowest BCUT2D eigenvalue weighted by molar-refractivity contribution is -0.127. The highest BCUT2D eigenvalue weighted by Gasteiger charge is 2.35. The van der Waals surface area contributed by atoms with Crippen LogP contribution in [0.15, 0.2) is 72.4 Å². The van der Waals surface area contributed by atoms with Crippen molar-refractivity contribution in [2.24, 2.45) is 0 Å². The van der Waals surface area contributed by atoms with Gasteiger partial charge in [-0.1, -0.05) is 30.3 Å². The van der Waals surface area contributed by atoms with Crippen molar-refractivity contribution in [3.63, 3.8) is 0 Å². The quantitative estimate of drug-likeness (QED) is 0.364. The number of hydrogen-bond donors (Lipinski definition) is 2. The van der Waals surface area contributed by atoms with Crippen LogP contribution in [-0.2, 0) is 16.2 Å². The van der Waals surface area contributed by atoms with Gasteiger partial charge in [-0.05, 0) is 66.1 Å². The highest BCUT2D eigenvalue weighted by Crippen LogP contribution is 2.30. The Kier molecular flexibility index (Phi) is 7.29. The van der Waals surface area contributed by atoms with E-state index in [4.69, 9.17) is 9.47 Å². The molecule has 0 saturated carbocycles. The number of anilines is 1. The van der Waals surface area contributed by atoms with E-state index in [0.29, 0.717) is 28.3 Å². The minimum atomic E-state index is -0.687. The molecule has 0 atom stereocenters. The number of rotatable bonds is 8. The Morgan fingerprint density at radius 2 is 1.86 bits per heavy atom. The molecule has 1 fully saturated rings. The average Bonchev–Trinajstić information content (AvgIpc) is 3.10. The van der Waals surface area contributed by atoms with Crippen LogP contribution in [-0.4, -0.2) is 36.4 Å². The Morgan fingerprint density at radius 3 is 2.61 bits per heavy atom. The molecule has 4 rings (SSSR count). The van der Waals surface area contributed by atoms with Gasteiger partial charge in [0.1, 0.15) is 24.7 Å². The van der Waals surface area contributed by atoms with Crippen LogP contribution < -0.4 is 20.1 Å². The lowest BCUT2D eigenvalue weighted by Crippen LogP contribution is -2.38. The van der Waals surface area contributed by atoms with Crippen LogP contribution in [0.1, 0.15) is 16.7 Å². The molecule has 8 nitrogen and oxygen atoms in total. The molecule has 184 valence electrons. The maximum absolute atomic E-state index is 13.4. The van der Waals surface area contributed by atoms with Crippen molar-refractivity contribution in [2.75, 3.05) is 19.0 Å². The second-order valence-electron chi connectivity index (χ2n) is 8.13. The molecule has 0 unspecified atom stereocenters. The summed E-state index contributed by atoms with van der Waals surface area (Å²) in [5.41, 5.74) is 2.80. The van der Waals surface area contributed by atoms with Crippen LogP contribution in [0.4, 0.5) is 14.9 Å². The molecule has 1 saturated heterocycles. The molecule has 3 aromatic rings. The first kappa shape index (κ1) is 24.5. The highest BCUT2D eigenvalue weighted by atomic mass is 19.1. The molecule has 1 heterocycles. The first-order valence-electron chi connectivity index (χ1n) is 11.1. The van der Waals surface area contributed by atoms with E-state index in [2.05, 4.69) is 10.6 Å². The largest absolute Gasteiger partial charge is 0.493 e. The fraction of sp³-hybridized carbons (Fsp3) is 0.148. The van der Waals surface area contributed by atoms with Crippen molar-refractivity contribution in [3.8, 4) is 11.5 Å². The smallest absolute Gasteiger partial charge is 0.329 e. The summed E-state index contributed by atoms with van der Waals surface area (Å²) in [5, 5.41) is 5.18. The third-order valence-corrected chi connectivity index (χ3v) is 5.35. The summed E-state index contributed by atoms with van der Waals surface area (Å²) in [4.78, 5) is 38.4. The summed E-state index contributed by atoms with van der Waals surface area (Å²) in [5.74, 6) is -0.640. The minimum absolute atomic E-state index is 0.0267. The number of imide groups is 1. The monoisotopic (exact) mass is 489 g/mol. The molecular formula is C27H24FN3O5. The number of hydrogen-bond acceptors (Lipinski definition) is 5. The molecule has 36 heavy (non-hydrogen) atoms. The molecule has 0 spiro atoms. The Balaban J connectivity index is 1.43. The third-order valence-electron chi connectivity index (χ3n) is 5.35. The van der Waals surface area contributed by atoms with Gasteiger partial charge in [-0.2, -0.15) is 0 Å². The van der Waals surface area contributed by atoms with E-state index in [0.717, 1.165) is 10.5 Å². The van der Waals surface area contributed by atoms with Crippen molar-refractivity contribution in [3.05, 3.63) is 94.9 Å². The Bertz CT molecular complexity index is 1350. The van der Waals surface area contributed by atoms with Gasteiger partial charge in [0.15, 0.2) is 11.5 Å². The number of carbonyl (C=O) groups is 3. The van der Waals surface area contributed by atoms with Crippen molar-refractivity contribution < 1.29 is 28.2 Å². The lowest BCUT2D eigenvalue weighted by atomic mass is 10.1. The molecule has 0 radical (unpaired) electrons. The standard InChI is InChI=1S/C27H24FN3O5/c1-17-5-3-8-21(11-17)29-25(32)15-31-26(33)22(30-27(31)34)13-18-9-10-23(24(14-18)35-2)36-16-19-6-4-7-20(28)12-19/h3-14H,15-16H2,1-2H3,(H,29,32)(H,30,34)/b22-13+. The number of methoxy groups -OCH3 is 1. The van der Waals surface area contributed by atoms with E-state index in [1.165, 1.54) is 25.3 Å². The summed E-state index contributed by atoms with van der Waals surface area (Å²) in [6, 6.07) is 17.6. The number of nitrogens with one attached hydrogen (secondary N) is 2. The van der Waals surface area contributed by atoms with Crippen molar-refractivity contribution in [1.82, 2.24) is 10.2 Å². The number of halogens is 1. The number of benzene rings is 3. The van der Waals surface area contributed by atoms with Crippen molar-refractivity contribution in [2.45, 2.75) is 13.5 Å². The zero-order valence-electron chi connectivity index (χ0n) is 19.7. The number of ether oxygens (including phenoxy) is 2. The van der Waals surface area contributed by atoms with Gasteiger partial charge in [-0.15, -0.1) is 0 Å². The molecule has 3 aromatic carbocycles. The molecule has 9 heteroatoms. The molecule has 0 aromatic heterocycles. The van der Waals surface area contributed by atoms with Crippen LogP contribution in [0.3, 0.4) is 0 Å². The fourth-order valence-corrected chi connectivity index (χ4v) is 3.63. The highest BCUT2D eigenvalue weighted by molar-refractivity contribution is 6.16. The summed E-state index contributed by atoms with van der Waals surface area (Å²) in [6.45, 7) is 1.61. The lowest BCUT2D eigenvalue weighted by Gasteiger charge is -2.12. The van der Waals surface area contributed by atoms with Crippen molar-refractivity contribution >= 4 is 29.6 Å². The van der Waals surface area contributed by atoms with E-state index in [1.807, 2.05) is 13.0 Å². The summed E-state index contributed by atoms with van der Waals surface area (Å²) in [7, 11) is 1.47. The van der Waals surface area contributed by atoms with Gasteiger partial charge in [-0.25, -0.2) is 14.1 Å². The normalized spacial score (nSPS) is 14.1. The van der Waals surface area contributed by atoms with E-state index >= 15 is 0 Å². The Morgan fingerprint density at radius 1 is 1.06 bits per heavy atom. The SMILES string of the molecule is COc1cc(/C=C2/NC(=O)N(CC(=O)Nc3cccc(C)c3)C2=O)ccc1OCc1cccc(F)c1. The zero-order valence-corrected chi connectivity index (χ0v) is 19.7. The van der Waals surface area contributed by atoms with Gasteiger partial charge in [0, 0.05) is 5.69 Å². The van der Waals surface area contributed by atoms with Crippen LogP contribution in [0.25, 0.3) is 6.08 Å². The molecule has 1 aliphatic rings. The molecule has 0 bridgehead atoms. The van der Waals surface area contributed by atoms with Crippen LogP contribution in [0.5, 0.6) is 11.5 Å². The summed E-state index contributed by atoms with van der Waals surface area (Å²) < 4.78 is 24.5. The summed E-state index contributed by atoms with van der Waals surface area (Å²) in [6.07, 6.45) is 1.48. The van der Waals surface area contributed by atoms with E-state index < -0.39 is 24.4 Å². The number of aryl methyl sites for hydroxylation is 1. The van der Waals surface area contributed by atoms with Crippen LogP contribution in [0, 0.1) is 12.7 Å². The van der Waals surface area contributed by atoms with Gasteiger partial charge < -0.3 is 20.1 Å². The van der Waals surface area contributed by atoms with Crippen LogP contribution in [0.2, 0.25) is 0 Å². The van der Waals surface area contributed by atoms with Gasteiger partial charge in [-0.3, -0.25) is 9.59 Å². The molecule has 1 aliphatic heterocycles. The van der Waals surface area contributed by atoms with Gasteiger partial charge in [0.25, 0.3) is 5.91 Å². The summed E-state index contributed by atoms with van der Waals surface area (Å²) >= 11 is 0. The predicted octanol–water partition coefficient (Wildman–Crippen LogP) is 4.25. The number of urea groups is 1. The van der Waals surface area contributed by atoms with Crippen LogP contribution >= 0.6 is 0 Å². The average molecular weight is 490 g/mol. The minimum Gasteiger partial charge on any atom is -0.493 e. The van der Waals surface area contributed by atoms with Gasteiger partial charge in [0.05, 0.1) is 7.11 Å². The maximum Gasteiger partial charge on any atom is 0.329 e. The number of amides is 4. The second kappa shape index (κ2) is 10.7. The third kappa shape index (κ3) is 5.87. The molecule has 0 aliphatic carbocycles. The maximum atomic E-state index is 13.4. The number of nitrogens with zero attached hydrogens (tertiary/aromatic N) is 1. The van der Waals surface area contributed by atoms with E-state index in [9.17, 15) is 18.8 Å². The second-order valence-corrected chi connectivity index (χ2v) is 8.13. The van der Waals surface area contributed by atoms with Gasteiger partial charge >= 0.3 is 6.03 Å². The fourth-order valence-electron chi connectivity index (χ4n) is 3.63. The molecular weight excluding hydrogens is 465 g/mol. The van der Waals surface area contributed by atoms with Crippen molar-refractivity contribution in [1.29, 1.82) is 0 Å². The number of carbonyl (C=O) groups excluding carboxylic acids is 3. The van der Waals surface area contributed by atoms with Gasteiger partial charge in [0.2, 0.25) is 5.91 Å². The van der Waals surface area contributed by atoms with E-state index in [1.54, 1.807) is 48.5 Å². The Hall–Kier alpha value is -4.66. The first-order chi connectivity index (χ1) is 17.3. The Labute approximate surface area is 207 Å². The predicted molar refractivity (Wildman–Crippen MR) is 132 cm³/mol. The van der Waals surface area contributed by atoms with E-state index in [-0.39, 0.29) is 18.1 Å². The molecule has 2 N–H and O–H groups in total. The first-order valence-corrected chi connectivity index (χ1v) is 11.1.